The summed E-state index contributed by atoms with van der Waals surface area (Å²) in [7, 11) is 1.62. The molecule has 0 saturated carbocycles. The quantitative estimate of drug-likeness (QED) is 0.871. The molecule has 0 spiro atoms. The molecule has 19 heavy (non-hydrogen) atoms. The molecule has 0 radical (unpaired) electrons. The van der Waals surface area contributed by atoms with Gasteiger partial charge in [-0.15, -0.1) is 0 Å². The molecule has 104 valence electrons. The number of rotatable bonds is 3. The van der Waals surface area contributed by atoms with Crippen molar-refractivity contribution in [2.45, 2.75) is 12.6 Å². The van der Waals surface area contributed by atoms with Gasteiger partial charge >= 0.3 is 0 Å². The molecule has 1 atom stereocenters. The van der Waals surface area contributed by atoms with E-state index in [2.05, 4.69) is 10.6 Å². The molecule has 6 heteroatoms. The van der Waals surface area contributed by atoms with Gasteiger partial charge in [0.15, 0.2) is 0 Å². The largest absolute Gasteiger partial charge is 0.358 e. The minimum atomic E-state index is -0.425. The average molecular weight is 286 g/mol. The van der Waals surface area contributed by atoms with Gasteiger partial charge in [0.2, 0.25) is 5.91 Å². The number of hydrogen-bond acceptors (Lipinski definition) is 3. The van der Waals surface area contributed by atoms with Gasteiger partial charge in [-0.2, -0.15) is 0 Å². The molecule has 0 bridgehead atoms. The summed E-state index contributed by atoms with van der Waals surface area (Å²) in [5, 5.41) is 5.97. The highest BCUT2D eigenvalue weighted by Gasteiger charge is 2.28. The predicted molar refractivity (Wildman–Crippen MR) is 72.5 cm³/mol. The first-order chi connectivity index (χ1) is 9.13. The lowest BCUT2D eigenvalue weighted by Crippen LogP contribution is -2.56. The molecule has 0 aliphatic carbocycles. The minimum Gasteiger partial charge on any atom is -0.358 e. The van der Waals surface area contributed by atoms with Crippen molar-refractivity contribution in [2.75, 3.05) is 26.7 Å². The zero-order valence-corrected chi connectivity index (χ0v) is 11.5. The van der Waals surface area contributed by atoms with Crippen LogP contribution in [0.5, 0.6) is 0 Å². The Labute approximate surface area is 116 Å². The van der Waals surface area contributed by atoms with Crippen molar-refractivity contribution in [3.63, 3.8) is 0 Å². The van der Waals surface area contributed by atoms with Crippen molar-refractivity contribution in [1.82, 2.24) is 15.5 Å². The van der Waals surface area contributed by atoms with Gasteiger partial charge in [-0.3, -0.25) is 9.69 Å². The van der Waals surface area contributed by atoms with E-state index in [9.17, 15) is 9.18 Å². The maximum absolute atomic E-state index is 13.4. The van der Waals surface area contributed by atoms with Crippen molar-refractivity contribution in [2.24, 2.45) is 0 Å². The van der Waals surface area contributed by atoms with Crippen LogP contribution in [0.3, 0.4) is 0 Å². The molecule has 1 aromatic carbocycles. The van der Waals surface area contributed by atoms with Crippen LogP contribution in [0.25, 0.3) is 0 Å². The number of nitrogens with one attached hydrogen (secondary N) is 2. The molecule has 1 fully saturated rings. The Morgan fingerprint density at radius 2 is 2.42 bits per heavy atom. The van der Waals surface area contributed by atoms with E-state index in [-0.39, 0.29) is 17.0 Å². The van der Waals surface area contributed by atoms with Crippen molar-refractivity contribution in [3.05, 3.63) is 34.6 Å². The highest BCUT2D eigenvalue weighted by molar-refractivity contribution is 6.31. The fourth-order valence-electron chi connectivity index (χ4n) is 2.25. The van der Waals surface area contributed by atoms with Crippen molar-refractivity contribution >= 4 is 17.5 Å². The van der Waals surface area contributed by atoms with E-state index < -0.39 is 5.82 Å². The van der Waals surface area contributed by atoms with E-state index in [1.807, 2.05) is 4.90 Å². The number of carbonyl (C=O) groups is 1. The minimum absolute atomic E-state index is 0.0419. The van der Waals surface area contributed by atoms with Gasteiger partial charge in [0.05, 0.1) is 5.02 Å². The first-order valence-corrected chi connectivity index (χ1v) is 6.60. The number of halogens is 2. The van der Waals surface area contributed by atoms with Crippen LogP contribution in [0, 0.1) is 5.82 Å². The molecule has 1 amide bonds. The Kier molecular flexibility index (Phi) is 4.74. The summed E-state index contributed by atoms with van der Waals surface area (Å²) >= 11 is 5.96. The summed E-state index contributed by atoms with van der Waals surface area (Å²) in [6.45, 7) is 2.59. The van der Waals surface area contributed by atoms with E-state index >= 15 is 0 Å². The molecule has 4 nitrogen and oxygen atoms in total. The number of likely N-dealkylation sites (N-methyl/N-ethyl adjacent to an activating group) is 1. The molecule has 1 saturated heterocycles. The van der Waals surface area contributed by atoms with Crippen molar-refractivity contribution in [3.8, 4) is 0 Å². The van der Waals surface area contributed by atoms with Gasteiger partial charge in [0.1, 0.15) is 11.9 Å². The smallest absolute Gasteiger partial charge is 0.238 e. The van der Waals surface area contributed by atoms with Gasteiger partial charge in [-0.1, -0.05) is 23.7 Å². The van der Waals surface area contributed by atoms with E-state index in [0.29, 0.717) is 18.7 Å². The lowest BCUT2D eigenvalue weighted by molar-refractivity contribution is -0.126. The summed E-state index contributed by atoms with van der Waals surface area (Å²) in [6, 6.07) is 4.50. The average Bonchev–Trinajstić information content (AvgIpc) is 2.43. The Bertz CT molecular complexity index is 469. The van der Waals surface area contributed by atoms with Gasteiger partial charge in [0, 0.05) is 33.2 Å². The van der Waals surface area contributed by atoms with E-state index in [1.54, 1.807) is 19.2 Å². The zero-order chi connectivity index (χ0) is 13.8. The van der Waals surface area contributed by atoms with Crippen LogP contribution in [0.4, 0.5) is 4.39 Å². The maximum atomic E-state index is 13.4. The van der Waals surface area contributed by atoms with Crippen molar-refractivity contribution < 1.29 is 9.18 Å². The molecule has 1 heterocycles. The SMILES string of the molecule is CNC(=O)C1CNCCN1Cc1cccc(F)c1Cl. The van der Waals surface area contributed by atoms with Gasteiger partial charge in [-0.25, -0.2) is 4.39 Å². The lowest BCUT2D eigenvalue weighted by Gasteiger charge is -2.35. The number of nitrogens with zero attached hydrogens (tertiary/aromatic N) is 1. The Morgan fingerprint density at radius 1 is 1.63 bits per heavy atom. The van der Waals surface area contributed by atoms with Gasteiger partial charge in [0.25, 0.3) is 0 Å². The molecule has 1 aromatic rings. The first kappa shape index (κ1) is 14.2. The fraction of sp³-hybridized carbons (Fsp3) is 0.462. The monoisotopic (exact) mass is 285 g/mol. The number of hydrogen-bond donors (Lipinski definition) is 2. The molecule has 1 aliphatic rings. The number of benzene rings is 1. The van der Waals surface area contributed by atoms with Crippen LogP contribution in [0.2, 0.25) is 5.02 Å². The van der Waals surface area contributed by atoms with E-state index in [4.69, 9.17) is 11.6 Å². The lowest BCUT2D eigenvalue weighted by atomic mass is 10.1. The van der Waals surface area contributed by atoms with Gasteiger partial charge in [-0.05, 0) is 11.6 Å². The third-order valence-corrected chi connectivity index (χ3v) is 3.73. The van der Waals surface area contributed by atoms with Crippen LogP contribution >= 0.6 is 11.6 Å². The summed E-state index contributed by atoms with van der Waals surface area (Å²) in [5.74, 6) is -0.467. The van der Waals surface area contributed by atoms with Crippen LogP contribution in [0.15, 0.2) is 18.2 Å². The maximum Gasteiger partial charge on any atom is 0.238 e. The first-order valence-electron chi connectivity index (χ1n) is 6.22. The summed E-state index contributed by atoms with van der Waals surface area (Å²) in [6.07, 6.45) is 0. The topological polar surface area (TPSA) is 44.4 Å². The van der Waals surface area contributed by atoms with Crippen LogP contribution in [-0.2, 0) is 11.3 Å². The van der Waals surface area contributed by atoms with Gasteiger partial charge < -0.3 is 10.6 Å². The Balaban J connectivity index is 2.15. The van der Waals surface area contributed by atoms with Crippen LogP contribution < -0.4 is 10.6 Å². The Hall–Kier alpha value is -1.17. The Morgan fingerprint density at radius 3 is 3.16 bits per heavy atom. The van der Waals surface area contributed by atoms with E-state index in [1.165, 1.54) is 6.07 Å². The highest BCUT2D eigenvalue weighted by Crippen LogP contribution is 2.22. The fourth-order valence-corrected chi connectivity index (χ4v) is 2.44. The second-order valence-corrected chi connectivity index (χ2v) is 4.90. The summed E-state index contributed by atoms with van der Waals surface area (Å²) in [5.41, 5.74) is 0.706. The zero-order valence-electron chi connectivity index (χ0n) is 10.7. The predicted octanol–water partition coefficient (Wildman–Crippen LogP) is 0.999. The number of piperazine rings is 1. The molecule has 2 N–H and O–H groups in total. The summed E-state index contributed by atoms with van der Waals surface area (Å²) < 4.78 is 13.4. The van der Waals surface area contributed by atoms with Crippen LogP contribution in [-0.4, -0.2) is 43.5 Å². The molecule has 1 unspecified atom stereocenters. The molecular formula is C13H17ClFN3O. The normalized spacial score (nSPS) is 20.3. The molecule has 0 aromatic heterocycles. The second kappa shape index (κ2) is 6.32. The third kappa shape index (κ3) is 3.23. The third-order valence-electron chi connectivity index (χ3n) is 3.31. The van der Waals surface area contributed by atoms with Crippen molar-refractivity contribution in [1.29, 1.82) is 0 Å². The summed E-state index contributed by atoms with van der Waals surface area (Å²) in [4.78, 5) is 13.8. The standard InChI is InChI=1S/C13H17ClFN3O/c1-16-13(19)11-7-17-5-6-18(11)8-9-3-2-4-10(15)12(9)14/h2-4,11,17H,5-8H2,1H3,(H,16,19). The molecular weight excluding hydrogens is 269 g/mol. The molecule has 2 rings (SSSR count). The van der Waals surface area contributed by atoms with Crippen LogP contribution in [0.1, 0.15) is 5.56 Å². The number of amides is 1. The van der Waals surface area contributed by atoms with E-state index in [0.717, 1.165) is 13.1 Å². The second-order valence-electron chi connectivity index (χ2n) is 4.52. The number of carbonyl (C=O) groups excluding carboxylic acids is 1. The molecule has 1 aliphatic heterocycles. The highest BCUT2D eigenvalue weighted by atomic mass is 35.5.